The van der Waals surface area contributed by atoms with Gasteiger partial charge >= 0.3 is 0 Å². The molecule has 0 aliphatic carbocycles. The van der Waals surface area contributed by atoms with E-state index < -0.39 is 0 Å². The molecule has 1 atom stereocenters. The van der Waals surface area contributed by atoms with Crippen molar-refractivity contribution in [3.8, 4) is 5.75 Å². The van der Waals surface area contributed by atoms with Crippen LogP contribution in [-0.2, 0) is 4.79 Å². The highest BCUT2D eigenvalue weighted by Crippen LogP contribution is 2.32. The van der Waals surface area contributed by atoms with E-state index >= 15 is 0 Å². The molecule has 6 nitrogen and oxygen atoms in total. The number of carbonyl (C=O) groups is 2. The van der Waals surface area contributed by atoms with E-state index in [2.05, 4.69) is 33.9 Å². The first-order valence-corrected chi connectivity index (χ1v) is 11.2. The third-order valence-corrected chi connectivity index (χ3v) is 6.29. The molecule has 32 heavy (non-hydrogen) atoms. The second-order valence-corrected chi connectivity index (χ2v) is 8.65. The van der Waals surface area contributed by atoms with Crippen molar-refractivity contribution in [2.75, 3.05) is 27.2 Å². The smallest absolute Gasteiger partial charge is 0.259 e. The number of hydrogen-bond donors (Lipinski definition) is 2. The summed E-state index contributed by atoms with van der Waals surface area (Å²) in [5.41, 5.74) is 2.72. The van der Waals surface area contributed by atoms with E-state index in [1.54, 1.807) is 49.7 Å². The molecular weight excluding hydrogens is 422 g/mol. The van der Waals surface area contributed by atoms with E-state index in [1.807, 2.05) is 24.4 Å². The molecule has 0 fully saturated rings. The van der Waals surface area contributed by atoms with Gasteiger partial charge in [-0.15, -0.1) is 11.3 Å². The average molecular weight is 448 g/mol. The van der Waals surface area contributed by atoms with Gasteiger partial charge in [0.2, 0.25) is 0 Å². The Morgan fingerprint density at radius 3 is 2.72 bits per heavy atom. The normalized spacial score (nSPS) is 11.8. The minimum Gasteiger partial charge on any atom is -0.484 e. The van der Waals surface area contributed by atoms with Crippen LogP contribution in [0.5, 0.6) is 5.75 Å². The summed E-state index contributed by atoms with van der Waals surface area (Å²) in [6.45, 7) is 0.393. The zero-order chi connectivity index (χ0) is 22.5. The predicted octanol–water partition coefficient (Wildman–Crippen LogP) is 4.26. The van der Waals surface area contributed by atoms with Crippen LogP contribution in [0.15, 0.2) is 72.2 Å². The molecule has 2 aromatic heterocycles. The van der Waals surface area contributed by atoms with Crippen molar-refractivity contribution in [3.63, 3.8) is 0 Å². The number of hydrogen-bond acceptors (Lipinski definition) is 4. The van der Waals surface area contributed by atoms with E-state index in [9.17, 15) is 9.59 Å². The summed E-state index contributed by atoms with van der Waals surface area (Å²) < 4.78 is 5.54. The summed E-state index contributed by atoms with van der Waals surface area (Å²) in [6.07, 6.45) is 2.03. The van der Waals surface area contributed by atoms with E-state index in [0.29, 0.717) is 17.9 Å². The van der Waals surface area contributed by atoms with Gasteiger partial charge in [0.25, 0.3) is 11.8 Å². The van der Waals surface area contributed by atoms with Gasteiger partial charge in [0.05, 0.1) is 0 Å². The van der Waals surface area contributed by atoms with Crippen molar-refractivity contribution in [1.82, 2.24) is 15.2 Å². The molecule has 4 aromatic rings. The maximum Gasteiger partial charge on any atom is 0.259 e. The summed E-state index contributed by atoms with van der Waals surface area (Å²) in [4.78, 5) is 30.6. The van der Waals surface area contributed by atoms with Crippen LogP contribution in [0, 0.1) is 0 Å². The molecule has 0 radical (unpaired) electrons. The molecule has 0 saturated carbocycles. The van der Waals surface area contributed by atoms with Crippen LogP contribution in [0.2, 0.25) is 0 Å². The monoisotopic (exact) mass is 447 g/mol. The second-order valence-electron chi connectivity index (χ2n) is 7.67. The van der Waals surface area contributed by atoms with Gasteiger partial charge in [0.1, 0.15) is 5.75 Å². The lowest BCUT2D eigenvalue weighted by atomic mass is 9.96. The Bertz CT molecular complexity index is 1210. The number of fused-ring (bicyclic) bond motifs is 1. The molecule has 1 unspecified atom stereocenters. The lowest BCUT2D eigenvalue weighted by Gasteiger charge is -2.17. The number of H-pyrrole nitrogens is 1. The molecule has 164 valence electrons. The van der Waals surface area contributed by atoms with E-state index in [0.717, 1.165) is 16.5 Å². The fourth-order valence-electron chi connectivity index (χ4n) is 3.53. The fourth-order valence-corrected chi connectivity index (χ4v) is 4.38. The SMILES string of the molecule is CN(C)C(=O)COc1cccc(C(=O)NCC(c2cccs2)c2c[nH]c3ccccc23)c1. The molecule has 2 heterocycles. The van der Waals surface area contributed by atoms with Gasteiger partial charge in [-0.2, -0.15) is 0 Å². The number of carbonyl (C=O) groups excluding carboxylic acids is 2. The Morgan fingerprint density at radius 1 is 1.09 bits per heavy atom. The van der Waals surface area contributed by atoms with Crippen molar-refractivity contribution in [2.24, 2.45) is 0 Å². The number of nitrogens with one attached hydrogen (secondary N) is 2. The first-order valence-electron chi connectivity index (χ1n) is 10.3. The first kappa shape index (κ1) is 21.6. The topological polar surface area (TPSA) is 74.4 Å². The highest BCUT2D eigenvalue weighted by Gasteiger charge is 2.20. The number of aromatic nitrogens is 1. The number of amides is 2. The standard InChI is InChI=1S/C25H25N3O3S/c1-28(2)24(29)16-31-18-8-5-7-17(13-18)25(30)27-15-21(23-11-6-12-32-23)20-14-26-22-10-4-3-9-19(20)22/h3-14,21,26H,15-16H2,1-2H3,(H,27,30). The fraction of sp³-hybridized carbons (Fsp3) is 0.200. The van der Waals surface area contributed by atoms with Gasteiger partial charge in [0, 0.05) is 54.1 Å². The number of likely N-dealkylation sites (N-methyl/N-ethyl adjacent to an activating group) is 1. The Hall–Kier alpha value is -3.58. The Kier molecular flexibility index (Phi) is 6.56. The predicted molar refractivity (Wildman–Crippen MR) is 127 cm³/mol. The largest absolute Gasteiger partial charge is 0.484 e. The van der Waals surface area contributed by atoms with Crippen molar-refractivity contribution in [1.29, 1.82) is 0 Å². The quantitative estimate of drug-likeness (QED) is 0.424. The molecule has 0 bridgehead atoms. The third-order valence-electron chi connectivity index (χ3n) is 5.31. The van der Waals surface area contributed by atoms with Gasteiger partial charge in [0.15, 0.2) is 6.61 Å². The Morgan fingerprint density at radius 2 is 1.94 bits per heavy atom. The van der Waals surface area contributed by atoms with Crippen LogP contribution in [0.25, 0.3) is 10.9 Å². The molecule has 7 heteroatoms. The third kappa shape index (κ3) is 4.84. The van der Waals surface area contributed by atoms with Crippen LogP contribution in [0.3, 0.4) is 0 Å². The van der Waals surface area contributed by atoms with Crippen molar-refractivity contribution < 1.29 is 14.3 Å². The van der Waals surface area contributed by atoms with Gasteiger partial charge in [-0.05, 0) is 41.3 Å². The number of rotatable bonds is 8. The highest BCUT2D eigenvalue weighted by molar-refractivity contribution is 7.10. The summed E-state index contributed by atoms with van der Waals surface area (Å²) in [5.74, 6) is 0.194. The van der Waals surface area contributed by atoms with Crippen LogP contribution in [0.1, 0.15) is 26.7 Å². The van der Waals surface area contributed by atoms with Crippen LogP contribution in [0.4, 0.5) is 0 Å². The minimum absolute atomic E-state index is 0.0345. The number of nitrogens with zero attached hydrogens (tertiary/aromatic N) is 1. The molecule has 0 aliphatic rings. The van der Waals surface area contributed by atoms with Gasteiger partial charge in [-0.1, -0.05) is 30.3 Å². The van der Waals surface area contributed by atoms with Crippen LogP contribution in [-0.4, -0.2) is 48.9 Å². The summed E-state index contributed by atoms with van der Waals surface area (Å²) in [6, 6.07) is 19.2. The lowest BCUT2D eigenvalue weighted by molar-refractivity contribution is -0.130. The highest BCUT2D eigenvalue weighted by atomic mass is 32.1. The van der Waals surface area contributed by atoms with Crippen LogP contribution < -0.4 is 10.1 Å². The number of aromatic amines is 1. The second kappa shape index (κ2) is 9.70. The Labute approximate surface area is 190 Å². The van der Waals surface area contributed by atoms with Crippen molar-refractivity contribution >= 4 is 34.1 Å². The van der Waals surface area contributed by atoms with Gasteiger partial charge < -0.3 is 19.9 Å². The summed E-state index contributed by atoms with van der Waals surface area (Å²) in [7, 11) is 3.35. The zero-order valence-corrected chi connectivity index (χ0v) is 18.8. The number of thiophene rings is 1. The molecule has 2 N–H and O–H groups in total. The maximum atomic E-state index is 12.9. The zero-order valence-electron chi connectivity index (χ0n) is 18.0. The molecule has 2 amide bonds. The molecule has 0 aliphatic heterocycles. The van der Waals surface area contributed by atoms with E-state index in [-0.39, 0.29) is 24.3 Å². The average Bonchev–Trinajstić information content (AvgIpc) is 3.48. The molecule has 2 aromatic carbocycles. The number of ether oxygens (including phenoxy) is 1. The molecule has 4 rings (SSSR count). The lowest BCUT2D eigenvalue weighted by Crippen LogP contribution is -2.29. The van der Waals surface area contributed by atoms with E-state index in [1.165, 1.54) is 9.78 Å². The Balaban J connectivity index is 1.49. The minimum atomic E-state index is -0.184. The summed E-state index contributed by atoms with van der Waals surface area (Å²) >= 11 is 1.68. The number of benzene rings is 2. The first-order chi connectivity index (χ1) is 15.5. The summed E-state index contributed by atoms with van der Waals surface area (Å²) in [5, 5.41) is 6.28. The van der Waals surface area contributed by atoms with Crippen LogP contribution >= 0.6 is 11.3 Å². The molecule has 0 saturated heterocycles. The number of para-hydroxylation sites is 1. The van der Waals surface area contributed by atoms with E-state index in [4.69, 9.17) is 4.74 Å². The van der Waals surface area contributed by atoms with Gasteiger partial charge in [-0.3, -0.25) is 9.59 Å². The van der Waals surface area contributed by atoms with Crippen molar-refractivity contribution in [3.05, 3.63) is 88.2 Å². The molecular formula is C25H25N3O3S. The maximum absolute atomic E-state index is 12.9. The molecule has 0 spiro atoms. The van der Waals surface area contributed by atoms with Gasteiger partial charge in [-0.25, -0.2) is 0 Å². The van der Waals surface area contributed by atoms with Crippen molar-refractivity contribution in [2.45, 2.75) is 5.92 Å².